The number of hydrogen-bond acceptors (Lipinski definition) is 3. The van der Waals surface area contributed by atoms with Crippen molar-refractivity contribution in [3.05, 3.63) is 70.8 Å². The quantitative estimate of drug-likeness (QED) is 0.800. The SMILES string of the molecule is CC(=O)c1ccccc1C(=O)NCC(N)c1ccc(C(C)C)cc1. The van der Waals surface area contributed by atoms with E-state index in [1.165, 1.54) is 12.5 Å². The van der Waals surface area contributed by atoms with E-state index in [4.69, 9.17) is 5.73 Å². The van der Waals surface area contributed by atoms with Gasteiger partial charge in [0, 0.05) is 18.2 Å². The van der Waals surface area contributed by atoms with Gasteiger partial charge >= 0.3 is 0 Å². The van der Waals surface area contributed by atoms with Gasteiger partial charge in [-0.15, -0.1) is 0 Å². The molecule has 2 aromatic rings. The molecule has 1 amide bonds. The largest absolute Gasteiger partial charge is 0.350 e. The molecule has 3 N–H and O–H groups in total. The van der Waals surface area contributed by atoms with E-state index in [-0.39, 0.29) is 17.7 Å². The topological polar surface area (TPSA) is 72.2 Å². The Morgan fingerprint density at radius 2 is 1.50 bits per heavy atom. The zero-order valence-electron chi connectivity index (χ0n) is 14.4. The summed E-state index contributed by atoms with van der Waals surface area (Å²) in [5.74, 6) is 0.0578. The van der Waals surface area contributed by atoms with Crippen LogP contribution in [0.5, 0.6) is 0 Å². The Morgan fingerprint density at radius 3 is 2.04 bits per heavy atom. The summed E-state index contributed by atoms with van der Waals surface area (Å²) < 4.78 is 0. The molecule has 126 valence electrons. The van der Waals surface area contributed by atoms with E-state index in [1.807, 2.05) is 12.1 Å². The monoisotopic (exact) mass is 324 g/mol. The van der Waals surface area contributed by atoms with Gasteiger partial charge in [0.05, 0.1) is 5.56 Å². The van der Waals surface area contributed by atoms with Gasteiger partial charge in [-0.1, -0.05) is 56.3 Å². The fourth-order valence-electron chi connectivity index (χ4n) is 2.53. The Bertz CT molecular complexity index is 721. The number of hydrogen-bond donors (Lipinski definition) is 2. The lowest BCUT2D eigenvalue weighted by Crippen LogP contribution is -2.32. The van der Waals surface area contributed by atoms with Crippen molar-refractivity contribution in [1.29, 1.82) is 0 Å². The van der Waals surface area contributed by atoms with Crippen LogP contribution in [0.3, 0.4) is 0 Å². The molecule has 0 saturated carbocycles. The smallest absolute Gasteiger partial charge is 0.252 e. The third kappa shape index (κ3) is 4.30. The van der Waals surface area contributed by atoms with Crippen LogP contribution in [0.4, 0.5) is 0 Å². The van der Waals surface area contributed by atoms with Gasteiger partial charge < -0.3 is 11.1 Å². The summed E-state index contributed by atoms with van der Waals surface area (Å²) in [5, 5.41) is 2.81. The van der Waals surface area contributed by atoms with E-state index < -0.39 is 0 Å². The second-order valence-electron chi connectivity index (χ2n) is 6.24. The molecule has 4 nitrogen and oxygen atoms in total. The maximum absolute atomic E-state index is 12.3. The molecule has 1 unspecified atom stereocenters. The van der Waals surface area contributed by atoms with Crippen LogP contribution in [0, 0.1) is 0 Å². The second-order valence-corrected chi connectivity index (χ2v) is 6.24. The molecule has 24 heavy (non-hydrogen) atoms. The van der Waals surface area contributed by atoms with Crippen LogP contribution in [0.25, 0.3) is 0 Å². The van der Waals surface area contributed by atoms with Gasteiger partial charge in [0.25, 0.3) is 5.91 Å². The number of carbonyl (C=O) groups is 2. The van der Waals surface area contributed by atoms with E-state index >= 15 is 0 Å². The molecular formula is C20H24N2O2. The highest BCUT2D eigenvalue weighted by atomic mass is 16.2. The van der Waals surface area contributed by atoms with Crippen LogP contribution >= 0.6 is 0 Å². The third-order valence-corrected chi connectivity index (χ3v) is 4.06. The highest BCUT2D eigenvalue weighted by Crippen LogP contribution is 2.17. The fourth-order valence-corrected chi connectivity index (χ4v) is 2.53. The maximum atomic E-state index is 12.3. The summed E-state index contributed by atoms with van der Waals surface area (Å²) in [6, 6.07) is 14.6. The van der Waals surface area contributed by atoms with Gasteiger partial charge in [-0.2, -0.15) is 0 Å². The van der Waals surface area contributed by atoms with Crippen molar-refractivity contribution in [2.75, 3.05) is 6.54 Å². The van der Waals surface area contributed by atoms with Crippen LogP contribution in [-0.2, 0) is 0 Å². The number of carbonyl (C=O) groups excluding carboxylic acids is 2. The second kappa shape index (κ2) is 7.88. The molecule has 0 fully saturated rings. The van der Waals surface area contributed by atoms with E-state index in [0.717, 1.165) is 5.56 Å². The molecule has 0 aliphatic carbocycles. The zero-order valence-corrected chi connectivity index (χ0v) is 14.4. The number of amides is 1. The van der Waals surface area contributed by atoms with Crippen molar-refractivity contribution >= 4 is 11.7 Å². The van der Waals surface area contributed by atoms with Crippen LogP contribution < -0.4 is 11.1 Å². The minimum atomic E-state index is -0.292. The standard InChI is InChI=1S/C20H24N2O2/c1-13(2)15-8-10-16(11-9-15)19(21)12-22-20(24)18-7-5-4-6-17(18)14(3)23/h4-11,13,19H,12,21H2,1-3H3,(H,22,24). The van der Waals surface area contributed by atoms with E-state index in [0.29, 0.717) is 23.6 Å². The minimum Gasteiger partial charge on any atom is -0.350 e. The maximum Gasteiger partial charge on any atom is 0.252 e. The zero-order chi connectivity index (χ0) is 17.7. The molecule has 0 bridgehead atoms. The molecule has 4 heteroatoms. The molecule has 0 heterocycles. The molecule has 2 aromatic carbocycles. The Balaban J connectivity index is 2.02. The summed E-state index contributed by atoms with van der Waals surface area (Å²) >= 11 is 0. The lowest BCUT2D eigenvalue weighted by Gasteiger charge is -2.15. The lowest BCUT2D eigenvalue weighted by molar-refractivity contribution is 0.0936. The van der Waals surface area contributed by atoms with Crippen molar-refractivity contribution < 1.29 is 9.59 Å². The lowest BCUT2D eigenvalue weighted by atomic mass is 9.99. The highest BCUT2D eigenvalue weighted by molar-refractivity contribution is 6.07. The highest BCUT2D eigenvalue weighted by Gasteiger charge is 2.15. The molecule has 0 aromatic heterocycles. The molecular weight excluding hydrogens is 300 g/mol. The predicted octanol–water partition coefficient (Wildman–Crippen LogP) is 3.44. The van der Waals surface area contributed by atoms with Crippen molar-refractivity contribution in [3.8, 4) is 0 Å². The number of rotatable bonds is 6. The average molecular weight is 324 g/mol. The van der Waals surface area contributed by atoms with Gasteiger partial charge in [0.15, 0.2) is 5.78 Å². The van der Waals surface area contributed by atoms with E-state index in [2.05, 4.69) is 31.3 Å². The van der Waals surface area contributed by atoms with Gasteiger partial charge in [-0.3, -0.25) is 9.59 Å². The van der Waals surface area contributed by atoms with Gasteiger partial charge in [-0.05, 0) is 30.0 Å². The Hall–Kier alpha value is -2.46. The summed E-state index contributed by atoms with van der Waals surface area (Å²) in [5.41, 5.74) is 9.19. The molecule has 0 aliphatic rings. The number of Topliss-reactive ketones (excluding diaryl/α,β-unsaturated/α-hetero) is 1. The van der Waals surface area contributed by atoms with Gasteiger partial charge in [-0.25, -0.2) is 0 Å². The Kier molecular flexibility index (Phi) is 5.88. The molecule has 0 radical (unpaired) electrons. The van der Waals surface area contributed by atoms with Crippen LogP contribution in [0.2, 0.25) is 0 Å². The van der Waals surface area contributed by atoms with E-state index in [1.54, 1.807) is 24.3 Å². The summed E-state index contributed by atoms with van der Waals surface area (Å²) in [6.45, 7) is 6.05. The minimum absolute atomic E-state index is 0.130. The number of ketones is 1. The first kappa shape index (κ1) is 17.9. The number of nitrogens with one attached hydrogen (secondary N) is 1. The van der Waals surface area contributed by atoms with Crippen LogP contribution in [0.1, 0.15) is 64.6 Å². The molecule has 0 saturated heterocycles. The van der Waals surface area contributed by atoms with Gasteiger partial charge in [0.1, 0.15) is 0 Å². The average Bonchev–Trinajstić information content (AvgIpc) is 2.59. The summed E-state index contributed by atoms with van der Waals surface area (Å²) in [7, 11) is 0. The normalized spacial score (nSPS) is 12.0. The third-order valence-electron chi connectivity index (χ3n) is 4.06. The number of nitrogens with two attached hydrogens (primary N) is 1. The fraction of sp³-hybridized carbons (Fsp3) is 0.300. The first-order valence-corrected chi connectivity index (χ1v) is 8.13. The Labute approximate surface area is 143 Å². The van der Waals surface area contributed by atoms with Crippen LogP contribution in [0.15, 0.2) is 48.5 Å². The molecule has 0 spiro atoms. The van der Waals surface area contributed by atoms with Crippen molar-refractivity contribution in [1.82, 2.24) is 5.32 Å². The number of benzene rings is 2. The van der Waals surface area contributed by atoms with E-state index in [9.17, 15) is 9.59 Å². The molecule has 1 atom stereocenters. The summed E-state index contributed by atoms with van der Waals surface area (Å²) in [4.78, 5) is 23.9. The summed E-state index contributed by atoms with van der Waals surface area (Å²) in [6.07, 6.45) is 0. The molecule has 0 aliphatic heterocycles. The first-order chi connectivity index (χ1) is 11.4. The van der Waals surface area contributed by atoms with Crippen molar-refractivity contribution in [3.63, 3.8) is 0 Å². The van der Waals surface area contributed by atoms with Crippen LogP contribution in [-0.4, -0.2) is 18.2 Å². The van der Waals surface area contributed by atoms with Crippen molar-refractivity contribution in [2.45, 2.75) is 32.7 Å². The first-order valence-electron chi connectivity index (χ1n) is 8.13. The molecule has 2 rings (SSSR count). The Morgan fingerprint density at radius 1 is 0.958 bits per heavy atom. The van der Waals surface area contributed by atoms with Crippen molar-refractivity contribution in [2.24, 2.45) is 5.73 Å². The predicted molar refractivity (Wildman–Crippen MR) is 96.2 cm³/mol. The van der Waals surface area contributed by atoms with Gasteiger partial charge in [0.2, 0.25) is 0 Å².